The summed E-state index contributed by atoms with van der Waals surface area (Å²) >= 11 is 0. The Hall–Kier alpha value is -1.79. The van der Waals surface area contributed by atoms with E-state index in [9.17, 15) is 14.4 Å². The lowest BCUT2D eigenvalue weighted by Gasteiger charge is -2.29. The minimum absolute atomic E-state index is 0.232. The third-order valence-corrected chi connectivity index (χ3v) is 2.98. The van der Waals surface area contributed by atoms with E-state index >= 15 is 0 Å². The SMILES string of the molecule is CC(C)(C)[C@@H](NC(=O)NC1CCCNC1=O)C(=O)O. The molecule has 7 nitrogen and oxygen atoms in total. The average molecular weight is 271 g/mol. The Morgan fingerprint density at radius 1 is 1.42 bits per heavy atom. The molecule has 0 aromatic carbocycles. The maximum Gasteiger partial charge on any atom is 0.326 e. The number of carbonyl (C=O) groups excluding carboxylic acids is 2. The van der Waals surface area contributed by atoms with Crippen LogP contribution < -0.4 is 16.0 Å². The lowest BCUT2D eigenvalue weighted by atomic mass is 9.87. The first kappa shape index (κ1) is 15.3. The zero-order valence-corrected chi connectivity index (χ0v) is 11.4. The van der Waals surface area contributed by atoms with Crippen LogP contribution in [-0.4, -0.2) is 41.6 Å². The molecule has 0 bridgehead atoms. The number of carboxylic acids is 1. The van der Waals surface area contributed by atoms with Gasteiger partial charge in [-0.2, -0.15) is 0 Å². The van der Waals surface area contributed by atoms with Gasteiger partial charge in [-0.05, 0) is 18.3 Å². The second-order valence-electron chi connectivity index (χ2n) is 5.74. The molecule has 1 unspecified atom stereocenters. The number of amides is 3. The van der Waals surface area contributed by atoms with Crippen molar-refractivity contribution in [2.45, 2.75) is 45.7 Å². The molecule has 0 saturated carbocycles. The molecule has 0 aromatic heterocycles. The van der Waals surface area contributed by atoms with Gasteiger partial charge in [-0.3, -0.25) is 4.79 Å². The van der Waals surface area contributed by atoms with E-state index in [2.05, 4.69) is 16.0 Å². The number of rotatable bonds is 3. The summed E-state index contributed by atoms with van der Waals surface area (Å²) in [6, 6.07) is -2.24. The van der Waals surface area contributed by atoms with Crippen LogP contribution in [-0.2, 0) is 9.59 Å². The molecule has 1 saturated heterocycles. The van der Waals surface area contributed by atoms with Gasteiger partial charge in [0.05, 0.1) is 0 Å². The summed E-state index contributed by atoms with van der Waals surface area (Å²) in [5.41, 5.74) is -0.613. The topological polar surface area (TPSA) is 108 Å². The molecule has 1 aliphatic rings. The molecule has 1 rings (SSSR count). The minimum Gasteiger partial charge on any atom is -0.480 e. The van der Waals surface area contributed by atoms with Crippen LogP contribution in [0.5, 0.6) is 0 Å². The molecule has 2 atom stereocenters. The smallest absolute Gasteiger partial charge is 0.326 e. The maximum absolute atomic E-state index is 11.8. The van der Waals surface area contributed by atoms with Crippen molar-refractivity contribution in [1.82, 2.24) is 16.0 Å². The van der Waals surface area contributed by atoms with Gasteiger partial charge in [0.2, 0.25) is 5.91 Å². The summed E-state index contributed by atoms with van der Waals surface area (Å²) in [5, 5.41) is 16.6. The van der Waals surface area contributed by atoms with E-state index in [4.69, 9.17) is 5.11 Å². The van der Waals surface area contributed by atoms with Gasteiger partial charge >= 0.3 is 12.0 Å². The van der Waals surface area contributed by atoms with Crippen molar-refractivity contribution in [3.63, 3.8) is 0 Å². The van der Waals surface area contributed by atoms with Gasteiger partial charge in [0, 0.05) is 6.54 Å². The molecule has 0 spiro atoms. The fourth-order valence-corrected chi connectivity index (χ4v) is 1.89. The first-order chi connectivity index (χ1) is 8.71. The number of urea groups is 1. The van der Waals surface area contributed by atoms with E-state index in [0.717, 1.165) is 6.42 Å². The predicted octanol–water partition coefficient (Wildman–Crippen LogP) is 0.0635. The van der Waals surface area contributed by atoms with Crippen LogP contribution >= 0.6 is 0 Å². The van der Waals surface area contributed by atoms with Gasteiger partial charge in [-0.1, -0.05) is 20.8 Å². The molecule has 1 fully saturated rings. The van der Waals surface area contributed by atoms with E-state index in [1.54, 1.807) is 20.8 Å². The zero-order chi connectivity index (χ0) is 14.6. The van der Waals surface area contributed by atoms with Crippen LogP contribution in [0.4, 0.5) is 4.79 Å². The number of piperidine rings is 1. The fourth-order valence-electron chi connectivity index (χ4n) is 1.89. The Morgan fingerprint density at radius 2 is 2.05 bits per heavy atom. The molecule has 4 N–H and O–H groups in total. The highest BCUT2D eigenvalue weighted by Gasteiger charge is 2.33. The number of hydrogen-bond donors (Lipinski definition) is 4. The van der Waals surface area contributed by atoms with E-state index in [1.165, 1.54) is 0 Å². The first-order valence-electron chi connectivity index (χ1n) is 6.29. The molecule has 1 heterocycles. The van der Waals surface area contributed by atoms with Crippen molar-refractivity contribution in [2.75, 3.05) is 6.54 Å². The molecule has 0 aliphatic carbocycles. The molecular weight excluding hydrogens is 250 g/mol. The Balaban J connectivity index is 2.58. The largest absolute Gasteiger partial charge is 0.480 e. The van der Waals surface area contributed by atoms with Crippen LogP contribution in [0.3, 0.4) is 0 Å². The lowest BCUT2D eigenvalue weighted by molar-refractivity contribution is -0.141. The normalized spacial score (nSPS) is 21.2. The fraction of sp³-hybridized carbons (Fsp3) is 0.750. The van der Waals surface area contributed by atoms with Crippen molar-refractivity contribution in [3.05, 3.63) is 0 Å². The van der Waals surface area contributed by atoms with Crippen molar-refractivity contribution in [3.8, 4) is 0 Å². The molecule has 1 aliphatic heterocycles. The van der Waals surface area contributed by atoms with Gasteiger partial charge in [-0.15, -0.1) is 0 Å². The van der Waals surface area contributed by atoms with Crippen LogP contribution in [0.2, 0.25) is 0 Å². The van der Waals surface area contributed by atoms with Crippen LogP contribution in [0.15, 0.2) is 0 Å². The Morgan fingerprint density at radius 3 is 2.53 bits per heavy atom. The highest BCUT2D eigenvalue weighted by molar-refractivity contribution is 5.89. The maximum atomic E-state index is 11.8. The zero-order valence-electron chi connectivity index (χ0n) is 11.4. The molecule has 0 aromatic rings. The number of nitrogens with one attached hydrogen (secondary N) is 3. The second kappa shape index (κ2) is 5.90. The van der Waals surface area contributed by atoms with E-state index in [-0.39, 0.29) is 5.91 Å². The highest BCUT2D eigenvalue weighted by atomic mass is 16.4. The average Bonchev–Trinajstić information content (AvgIpc) is 2.27. The Labute approximate surface area is 112 Å². The van der Waals surface area contributed by atoms with Gasteiger partial charge in [0.1, 0.15) is 12.1 Å². The summed E-state index contributed by atoms with van der Waals surface area (Å²) in [4.78, 5) is 34.3. The van der Waals surface area contributed by atoms with Gasteiger partial charge in [0.15, 0.2) is 0 Å². The monoisotopic (exact) mass is 271 g/mol. The Bertz CT molecular complexity index is 376. The number of carbonyl (C=O) groups is 3. The van der Waals surface area contributed by atoms with Crippen LogP contribution in [0.25, 0.3) is 0 Å². The van der Waals surface area contributed by atoms with Gasteiger partial charge in [0.25, 0.3) is 0 Å². The second-order valence-corrected chi connectivity index (χ2v) is 5.74. The quantitative estimate of drug-likeness (QED) is 0.582. The summed E-state index contributed by atoms with van der Waals surface area (Å²) in [7, 11) is 0. The highest BCUT2D eigenvalue weighted by Crippen LogP contribution is 2.19. The summed E-state index contributed by atoms with van der Waals surface area (Å²) < 4.78 is 0. The van der Waals surface area contributed by atoms with E-state index in [0.29, 0.717) is 13.0 Å². The van der Waals surface area contributed by atoms with Crippen LogP contribution in [0, 0.1) is 5.41 Å². The van der Waals surface area contributed by atoms with E-state index in [1.807, 2.05) is 0 Å². The predicted molar refractivity (Wildman–Crippen MR) is 68.6 cm³/mol. The minimum atomic E-state index is -1.10. The molecule has 7 heteroatoms. The van der Waals surface area contributed by atoms with Gasteiger partial charge < -0.3 is 21.1 Å². The Kier molecular flexibility index (Phi) is 4.74. The third kappa shape index (κ3) is 4.42. The van der Waals surface area contributed by atoms with Crippen LogP contribution in [0.1, 0.15) is 33.6 Å². The third-order valence-electron chi connectivity index (χ3n) is 2.98. The number of aliphatic carboxylic acids is 1. The number of carboxylic acid groups (broad SMARTS) is 1. The van der Waals surface area contributed by atoms with Crippen molar-refractivity contribution in [1.29, 1.82) is 0 Å². The van der Waals surface area contributed by atoms with Crippen molar-refractivity contribution >= 4 is 17.9 Å². The molecule has 3 amide bonds. The lowest BCUT2D eigenvalue weighted by Crippen LogP contribution is -2.57. The summed E-state index contributed by atoms with van der Waals surface area (Å²) in [6.07, 6.45) is 1.35. The first-order valence-corrected chi connectivity index (χ1v) is 6.29. The molecule has 108 valence electrons. The summed E-state index contributed by atoms with van der Waals surface area (Å²) in [6.45, 7) is 5.77. The standard InChI is InChI=1S/C12H21N3O4/c1-12(2,3)8(10(17)18)15-11(19)14-7-5-4-6-13-9(7)16/h7-8H,4-6H2,1-3H3,(H,13,16)(H,17,18)(H2,14,15,19)/t7?,8-/m0/s1. The van der Waals surface area contributed by atoms with E-state index < -0.39 is 29.5 Å². The van der Waals surface area contributed by atoms with Gasteiger partial charge in [-0.25, -0.2) is 9.59 Å². The molecule has 0 radical (unpaired) electrons. The molecular formula is C12H21N3O4. The number of hydrogen-bond acceptors (Lipinski definition) is 3. The van der Waals surface area contributed by atoms with Crippen molar-refractivity contribution < 1.29 is 19.5 Å². The van der Waals surface area contributed by atoms with Crippen molar-refractivity contribution in [2.24, 2.45) is 5.41 Å². The molecule has 19 heavy (non-hydrogen) atoms. The summed E-state index contributed by atoms with van der Waals surface area (Å²) in [5.74, 6) is -1.33.